The zero-order chi connectivity index (χ0) is 16.4. The average Bonchev–Trinajstić information content (AvgIpc) is 2.36. The van der Waals surface area contributed by atoms with Crippen LogP contribution in [-0.2, 0) is 0 Å². The van der Waals surface area contributed by atoms with Crippen LogP contribution in [0.1, 0.15) is 40.5 Å². The molecule has 0 bridgehead atoms. The Balaban J connectivity index is 5.67. The molecule has 0 aliphatic heterocycles. The Morgan fingerprint density at radius 2 is 1.45 bits per heavy atom. The van der Waals surface area contributed by atoms with E-state index in [1.807, 2.05) is 0 Å². The molecule has 7 nitrogen and oxygen atoms in total. The monoisotopic (exact) mass is 293 g/mol. The van der Waals surface area contributed by atoms with Gasteiger partial charge < -0.3 is 37.6 Å². The van der Waals surface area contributed by atoms with E-state index in [4.69, 9.17) is 17.2 Å². The summed E-state index contributed by atoms with van der Waals surface area (Å²) in [6.45, 7) is 5.36. The second-order valence-electron chi connectivity index (χ2n) is 6.76. The Morgan fingerprint density at radius 1 is 1.00 bits per heavy atom. The molecule has 4 unspecified atom stereocenters. The Bertz CT molecular complexity index is 313. The highest BCUT2D eigenvalue weighted by atomic mass is 16.3. The molecular weight excluding hydrogens is 262 g/mol. The molecule has 0 saturated heterocycles. The van der Waals surface area contributed by atoms with Crippen molar-refractivity contribution in [3.63, 3.8) is 0 Å². The summed E-state index contributed by atoms with van der Waals surface area (Å²) >= 11 is 0. The first kappa shape index (κ1) is 19.7. The van der Waals surface area contributed by atoms with E-state index in [1.54, 1.807) is 6.92 Å². The molecule has 0 aromatic heterocycles. The predicted molar refractivity (Wildman–Crippen MR) is 77.8 cm³/mol. The molecule has 0 saturated carbocycles. The second kappa shape index (κ2) is 6.23. The fraction of sp³-hybridized carbons (Fsp3) is 1.00. The lowest BCUT2D eigenvalue weighted by Crippen LogP contribution is -2.73. The number of hydrogen-bond acceptors (Lipinski definition) is 7. The lowest BCUT2D eigenvalue weighted by atomic mass is 9.66. The van der Waals surface area contributed by atoms with Gasteiger partial charge in [0.15, 0.2) is 0 Å². The van der Waals surface area contributed by atoms with Crippen molar-refractivity contribution in [3.05, 3.63) is 0 Å². The molecule has 0 aromatic carbocycles. The van der Waals surface area contributed by atoms with Crippen molar-refractivity contribution >= 4 is 0 Å². The summed E-state index contributed by atoms with van der Waals surface area (Å²) in [5.41, 5.74) is 12.2. The van der Waals surface area contributed by atoms with Crippen LogP contribution in [-0.4, -0.2) is 62.0 Å². The lowest BCUT2D eigenvalue weighted by molar-refractivity contribution is -0.161. The molecule has 0 fully saturated rings. The van der Waals surface area contributed by atoms with Crippen LogP contribution in [0.3, 0.4) is 0 Å². The summed E-state index contributed by atoms with van der Waals surface area (Å²) in [7, 11) is 0. The third-order valence-electron chi connectivity index (χ3n) is 4.17. The standard InChI is InChI=1S/C13H31N3O4/c1-5-12(16,8-18)6-13(20,10(2,3)14)9(19)11(4,15)7-17/h9,17-20H,5-8,14-16H2,1-4H3. The van der Waals surface area contributed by atoms with E-state index in [1.165, 1.54) is 20.8 Å². The molecule has 0 heterocycles. The minimum Gasteiger partial charge on any atom is -0.394 e. The van der Waals surface area contributed by atoms with Gasteiger partial charge in [0.25, 0.3) is 0 Å². The topological polar surface area (TPSA) is 159 Å². The van der Waals surface area contributed by atoms with Gasteiger partial charge in [-0.2, -0.15) is 0 Å². The van der Waals surface area contributed by atoms with Crippen LogP contribution < -0.4 is 17.2 Å². The van der Waals surface area contributed by atoms with Crippen molar-refractivity contribution in [2.24, 2.45) is 17.2 Å². The molecule has 4 atom stereocenters. The third-order valence-corrected chi connectivity index (χ3v) is 4.17. The second-order valence-corrected chi connectivity index (χ2v) is 6.76. The smallest absolute Gasteiger partial charge is 0.111 e. The highest BCUT2D eigenvalue weighted by molar-refractivity contribution is 5.12. The van der Waals surface area contributed by atoms with Crippen LogP contribution in [0.4, 0.5) is 0 Å². The van der Waals surface area contributed by atoms with Crippen LogP contribution in [0.5, 0.6) is 0 Å². The predicted octanol–water partition coefficient (Wildman–Crippen LogP) is -1.98. The Hall–Kier alpha value is -0.280. The van der Waals surface area contributed by atoms with E-state index >= 15 is 0 Å². The Kier molecular flexibility index (Phi) is 6.14. The summed E-state index contributed by atoms with van der Waals surface area (Å²) in [5, 5.41) is 40.1. The van der Waals surface area contributed by atoms with Crippen molar-refractivity contribution in [1.29, 1.82) is 0 Å². The van der Waals surface area contributed by atoms with Gasteiger partial charge in [0.05, 0.1) is 18.8 Å². The number of hydrogen-bond donors (Lipinski definition) is 7. The van der Waals surface area contributed by atoms with Crippen LogP contribution in [0.25, 0.3) is 0 Å². The van der Waals surface area contributed by atoms with Gasteiger partial charge in [0, 0.05) is 17.5 Å². The summed E-state index contributed by atoms with van der Waals surface area (Å²) in [5.74, 6) is 0. The molecule has 0 aliphatic rings. The van der Waals surface area contributed by atoms with Crippen molar-refractivity contribution in [3.8, 4) is 0 Å². The van der Waals surface area contributed by atoms with Gasteiger partial charge in [-0.05, 0) is 27.2 Å². The molecule has 7 heteroatoms. The maximum absolute atomic E-state index is 10.9. The minimum atomic E-state index is -1.87. The highest BCUT2D eigenvalue weighted by Gasteiger charge is 2.55. The molecule has 0 radical (unpaired) electrons. The van der Waals surface area contributed by atoms with Crippen molar-refractivity contribution in [1.82, 2.24) is 0 Å². The van der Waals surface area contributed by atoms with E-state index in [0.717, 1.165) is 0 Å². The summed E-state index contributed by atoms with van der Waals surface area (Å²) in [6.07, 6.45) is -1.28. The molecule has 0 amide bonds. The van der Waals surface area contributed by atoms with Gasteiger partial charge in [-0.25, -0.2) is 0 Å². The van der Waals surface area contributed by atoms with Crippen molar-refractivity contribution in [2.45, 2.75) is 68.9 Å². The van der Waals surface area contributed by atoms with Crippen molar-refractivity contribution < 1.29 is 20.4 Å². The fourth-order valence-electron chi connectivity index (χ4n) is 2.14. The average molecular weight is 293 g/mol. The van der Waals surface area contributed by atoms with Crippen LogP contribution in [0, 0.1) is 0 Å². The van der Waals surface area contributed by atoms with E-state index in [-0.39, 0.29) is 13.0 Å². The first-order chi connectivity index (χ1) is 8.79. The quantitative estimate of drug-likeness (QED) is 0.273. The van der Waals surface area contributed by atoms with Gasteiger partial charge >= 0.3 is 0 Å². The largest absolute Gasteiger partial charge is 0.394 e. The number of rotatable bonds is 8. The van der Waals surface area contributed by atoms with Crippen LogP contribution >= 0.6 is 0 Å². The first-order valence-corrected chi connectivity index (χ1v) is 6.78. The van der Waals surface area contributed by atoms with E-state index in [0.29, 0.717) is 6.42 Å². The highest BCUT2D eigenvalue weighted by Crippen LogP contribution is 2.36. The normalized spacial score (nSPS) is 23.6. The number of nitrogens with two attached hydrogens (primary N) is 3. The van der Waals surface area contributed by atoms with E-state index in [2.05, 4.69) is 0 Å². The summed E-state index contributed by atoms with van der Waals surface area (Å²) in [6, 6.07) is 0. The molecular formula is C13H31N3O4. The molecule has 20 heavy (non-hydrogen) atoms. The van der Waals surface area contributed by atoms with Crippen molar-refractivity contribution in [2.75, 3.05) is 13.2 Å². The van der Waals surface area contributed by atoms with E-state index < -0.39 is 34.9 Å². The van der Waals surface area contributed by atoms with E-state index in [9.17, 15) is 20.4 Å². The van der Waals surface area contributed by atoms with Gasteiger partial charge in [0.1, 0.15) is 11.7 Å². The zero-order valence-electron chi connectivity index (χ0n) is 12.9. The maximum atomic E-state index is 10.9. The fourth-order valence-corrected chi connectivity index (χ4v) is 2.14. The SMILES string of the molecule is CCC(N)(CO)CC(O)(C(O)C(C)(N)CO)C(C)(C)N. The molecule has 0 rings (SSSR count). The summed E-state index contributed by atoms with van der Waals surface area (Å²) in [4.78, 5) is 0. The lowest BCUT2D eigenvalue weighted by Gasteiger charge is -2.51. The van der Waals surface area contributed by atoms with Gasteiger partial charge in [0.2, 0.25) is 0 Å². The van der Waals surface area contributed by atoms with Crippen LogP contribution in [0.15, 0.2) is 0 Å². The van der Waals surface area contributed by atoms with Gasteiger partial charge in [-0.1, -0.05) is 6.92 Å². The molecule has 0 spiro atoms. The minimum absolute atomic E-state index is 0.148. The first-order valence-electron chi connectivity index (χ1n) is 6.78. The maximum Gasteiger partial charge on any atom is 0.111 e. The molecule has 0 aromatic rings. The van der Waals surface area contributed by atoms with Crippen LogP contribution in [0.2, 0.25) is 0 Å². The summed E-state index contributed by atoms with van der Waals surface area (Å²) < 4.78 is 0. The Morgan fingerprint density at radius 3 is 1.70 bits per heavy atom. The zero-order valence-corrected chi connectivity index (χ0v) is 12.9. The van der Waals surface area contributed by atoms with Gasteiger partial charge in [-0.15, -0.1) is 0 Å². The number of aliphatic hydroxyl groups is 4. The molecule has 122 valence electrons. The molecule has 10 N–H and O–H groups in total. The number of aliphatic hydroxyl groups excluding tert-OH is 3. The third kappa shape index (κ3) is 3.88. The van der Waals surface area contributed by atoms with Gasteiger partial charge in [-0.3, -0.25) is 0 Å². The Labute approximate surface area is 120 Å². The molecule has 0 aliphatic carbocycles.